The molecule has 0 radical (unpaired) electrons. The first-order valence-corrected chi connectivity index (χ1v) is 7.66. The van der Waals surface area contributed by atoms with Crippen molar-refractivity contribution in [2.24, 2.45) is 11.3 Å². The van der Waals surface area contributed by atoms with Gasteiger partial charge < -0.3 is 10.4 Å². The van der Waals surface area contributed by atoms with Crippen molar-refractivity contribution < 1.29 is 23.5 Å². The largest absolute Gasteiger partial charge is 0.480 e. The molecule has 8 heteroatoms. The molecule has 1 fully saturated rings. The van der Waals surface area contributed by atoms with Gasteiger partial charge >= 0.3 is 5.97 Å². The lowest BCUT2D eigenvalue weighted by molar-refractivity contribution is -0.153. The summed E-state index contributed by atoms with van der Waals surface area (Å²) in [6, 6.07) is 0. The van der Waals surface area contributed by atoms with Crippen LogP contribution < -0.4 is 5.32 Å². The zero-order chi connectivity index (χ0) is 17.2. The fourth-order valence-corrected chi connectivity index (χ4v) is 2.97. The third-order valence-corrected chi connectivity index (χ3v) is 4.17. The first-order valence-electron chi connectivity index (χ1n) is 7.66. The minimum Gasteiger partial charge on any atom is -0.480 e. The standard InChI is InChI=1S/C15H21F2N3O3/c1-9(2)8-20-11(12(16)17)10(7-18-20)19-13(21)15(14(22)23)5-3-4-6-15/h7,9,12H,3-6,8H2,1-2H3,(H,19,21)(H,22,23). The van der Waals surface area contributed by atoms with Crippen LogP contribution in [0.4, 0.5) is 14.5 Å². The molecule has 0 atom stereocenters. The summed E-state index contributed by atoms with van der Waals surface area (Å²) < 4.78 is 27.8. The van der Waals surface area contributed by atoms with Gasteiger partial charge in [0.1, 0.15) is 11.1 Å². The number of rotatable bonds is 6. The number of aromatic nitrogens is 2. The molecule has 0 aromatic carbocycles. The molecule has 0 unspecified atom stereocenters. The fourth-order valence-electron chi connectivity index (χ4n) is 2.97. The Labute approximate surface area is 132 Å². The highest BCUT2D eigenvalue weighted by molar-refractivity contribution is 6.08. The summed E-state index contributed by atoms with van der Waals surface area (Å²) in [4.78, 5) is 23.9. The molecule has 1 amide bonds. The number of carbonyl (C=O) groups excluding carboxylic acids is 1. The van der Waals surface area contributed by atoms with Gasteiger partial charge in [-0.25, -0.2) is 8.78 Å². The average molecular weight is 329 g/mol. The smallest absolute Gasteiger partial charge is 0.319 e. The van der Waals surface area contributed by atoms with E-state index < -0.39 is 23.7 Å². The van der Waals surface area contributed by atoms with Gasteiger partial charge in [-0.3, -0.25) is 14.3 Å². The Morgan fingerprint density at radius 1 is 1.39 bits per heavy atom. The number of hydrogen-bond acceptors (Lipinski definition) is 3. The molecule has 1 heterocycles. The predicted octanol–water partition coefficient (Wildman–Crippen LogP) is 3.06. The van der Waals surface area contributed by atoms with E-state index in [0.29, 0.717) is 19.4 Å². The molecule has 2 N–H and O–H groups in total. The van der Waals surface area contributed by atoms with Gasteiger partial charge in [0.2, 0.25) is 5.91 Å². The Hall–Kier alpha value is -1.99. The summed E-state index contributed by atoms with van der Waals surface area (Å²) in [6.45, 7) is 4.03. The maximum absolute atomic E-state index is 13.3. The van der Waals surface area contributed by atoms with Crippen LogP contribution in [0.25, 0.3) is 0 Å². The third-order valence-electron chi connectivity index (χ3n) is 4.17. The second-order valence-corrected chi connectivity index (χ2v) is 6.37. The normalized spacial score (nSPS) is 17.0. The van der Waals surface area contributed by atoms with Crippen molar-refractivity contribution >= 4 is 17.6 Å². The minimum absolute atomic E-state index is 0.108. The van der Waals surface area contributed by atoms with Crippen molar-refractivity contribution in [2.45, 2.75) is 52.5 Å². The van der Waals surface area contributed by atoms with Crippen LogP contribution >= 0.6 is 0 Å². The minimum atomic E-state index is -2.81. The molecule has 0 aliphatic heterocycles. The van der Waals surface area contributed by atoms with Crippen LogP contribution in [0.5, 0.6) is 0 Å². The Balaban J connectivity index is 2.27. The van der Waals surface area contributed by atoms with E-state index in [4.69, 9.17) is 0 Å². The number of alkyl halides is 2. The Kier molecular flexibility index (Phi) is 5.01. The lowest BCUT2D eigenvalue weighted by atomic mass is 9.85. The molecule has 0 bridgehead atoms. The number of aliphatic carboxylic acids is 1. The second-order valence-electron chi connectivity index (χ2n) is 6.37. The van der Waals surface area contributed by atoms with E-state index in [0.717, 1.165) is 10.9 Å². The number of carboxylic acids is 1. The fraction of sp³-hybridized carbons (Fsp3) is 0.667. The second kappa shape index (κ2) is 6.64. The summed E-state index contributed by atoms with van der Waals surface area (Å²) >= 11 is 0. The molecule has 1 aromatic rings. The average Bonchev–Trinajstić information content (AvgIpc) is 3.05. The number of carboxylic acid groups (broad SMARTS) is 1. The van der Waals surface area contributed by atoms with Crippen LogP contribution in [0.2, 0.25) is 0 Å². The van der Waals surface area contributed by atoms with Gasteiger partial charge in [-0.2, -0.15) is 5.10 Å². The first-order chi connectivity index (χ1) is 10.8. The first kappa shape index (κ1) is 17.4. The highest BCUT2D eigenvalue weighted by Crippen LogP contribution is 2.40. The monoisotopic (exact) mass is 329 g/mol. The van der Waals surface area contributed by atoms with Crippen LogP contribution in [0.3, 0.4) is 0 Å². The van der Waals surface area contributed by atoms with Gasteiger partial charge in [0.05, 0.1) is 11.9 Å². The zero-order valence-corrected chi connectivity index (χ0v) is 13.2. The van der Waals surface area contributed by atoms with Gasteiger partial charge in [0.25, 0.3) is 6.43 Å². The number of amides is 1. The van der Waals surface area contributed by atoms with Crippen LogP contribution in [-0.2, 0) is 16.1 Å². The van der Waals surface area contributed by atoms with E-state index in [2.05, 4.69) is 10.4 Å². The maximum atomic E-state index is 13.3. The molecule has 2 rings (SSSR count). The number of halogens is 2. The summed E-state index contributed by atoms with van der Waals surface area (Å²) in [5, 5.41) is 15.7. The maximum Gasteiger partial charge on any atom is 0.319 e. The summed E-state index contributed by atoms with van der Waals surface area (Å²) in [6.07, 6.45) is 0.0567. The Morgan fingerprint density at radius 2 is 2.00 bits per heavy atom. The van der Waals surface area contributed by atoms with E-state index in [9.17, 15) is 23.5 Å². The quantitative estimate of drug-likeness (QED) is 0.786. The molecule has 1 aliphatic carbocycles. The molecule has 1 saturated carbocycles. The highest BCUT2D eigenvalue weighted by Gasteiger charge is 2.48. The van der Waals surface area contributed by atoms with Gasteiger partial charge in [0.15, 0.2) is 0 Å². The topological polar surface area (TPSA) is 84.2 Å². The number of carbonyl (C=O) groups is 2. The van der Waals surface area contributed by atoms with E-state index in [1.165, 1.54) is 0 Å². The molecular weight excluding hydrogens is 308 g/mol. The molecule has 1 aliphatic rings. The SMILES string of the molecule is CC(C)Cn1ncc(NC(=O)C2(C(=O)O)CCCC2)c1C(F)F. The Morgan fingerprint density at radius 3 is 2.48 bits per heavy atom. The number of nitrogens with one attached hydrogen (secondary N) is 1. The van der Waals surface area contributed by atoms with Crippen LogP contribution in [0.1, 0.15) is 51.7 Å². The Bertz CT molecular complexity index is 593. The van der Waals surface area contributed by atoms with E-state index in [1.54, 1.807) is 0 Å². The lowest BCUT2D eigenvalue weighted by Crippen LogP contribution is -2.41. The van der Waals surface area contributed by atoms with Gasteiger partial charge in [-0.1, -0.05) is 26.7 Å². The molecule has 0 spiro atoms. The van der Waals surface area contributed by atoms with Crippen LogP contribution in [0, 0.1) is 11.3 Å². The number of hydrogen-bond donors (Lipinski definition) is 2. The number of anilines is 1. The van der Waals surface area contributed by atoms with Crippen molar-refractivity contribution in [1.82, 2.24) is 9.78 Å². The zero-order valence-electron chi connectivity index (χ0n) is 13.2. The van der Waals surface area contributed by atoms with E-state index in [1.807, 2.05) is 13.8 Å². The van der Waals surface area contributed by atoms with Gasteiger partial charge in [-0.05, 0) is 18.8 Å². The van der Waals surface area contributed by atoms with Crippen LogP contribution in [0.15, 0.2) is 6.20 Å². The molecule has 23 heavy (non-hydrogen) atoms. The summed E-state index contributed by atoms with van der Waals surface area (Å²) in [5.74, 6) is -1.84. The van der Waals surface area contributed by atoms with Crippen molar-refractivity contribution in [1.29, 1.82) is 0 Å². The van der Waals surface area contributed by atoms with E-state index >= 15 is 0 Å². The molecule has 6 nitrogen and oxygen atoms in total. The van der Waals surface area contributed by atoms with Crippen molar-refractivity contribution in [3.8, 4) is 0 Å². The lowest BCUT2D eigenvalue weighted by Gasteiger charge is -2.22. The molecule has 0 saturated heterocycles. The van der Waals surface area contributed by atoms with Gasteiger partial charge in [0, 0.05) is 6.54 Å². The summed E-state index contributed by atoms with van der Waals surface area (Å²) in [5.41, 5.74) is -2.02. The highest BCUT2D eigenvalue weighted by atomic mass is 19.3. The van der Waals surface area contributed by atoms with E-state index in [-0.39, 0.29) is 30.1 Å². The van der Waals surface area contributed by atoms with Crippen molar-refractivity contribution in [3.63, 3.8) is 0 Å². The van der Waals surface area contributed by atoms with Crippen LogP contribution in [-0.4, -0.2) is 26.8 Å². The predicted molar refractivity (Wildman–Crippen MR) is 79.2 cm³/mol. The molecular formula is C15H21F2N3O3. The summed E-state index contributed by atoms with van der Waals surface area (Å²) in [7, 11) is 0. The molecule has 128 valence electrons. The number of nitrogens with zero attached hydrogens (tertiary/aromatic N) is 2. The van der Waals surface area contributed by atoms with Gasteiger partial charge in [-0.15, -0.1) is 0 Å². The third kappa shape index (κ3) is 3.35. The van der Waals surface area contributed by atoms with Crippen molar-refractivity contribution in [3.05, 3.63) is 11.9 Å². The van der Waals surface area contributed by atoms with Crippen molar-refractivity contribution in [2.75, 3.05) is 5.32 Å². The molecule has 1 aromatic heterocycles.